The molecule has 0 aliphatic carbocycles. The fraction of sp³-hybridized carbons (Fsp3) is 0.938. The Balaban J connectivity index is 2.99. The SMILES string of the molecule is CC(C)(C)[CH]CCCCCCCCCCCCl. The third kappa shape index (κ3) is 16.3. The van der Waals surface area contributed by atoms with E-state index in [0.717, 1.165) is 5.88 Å². The number of unbranched alkanes of at least 4 members (excludes halogenated alkanes) is 9. The highest BCUT2D eigenvalue weighted by Crippen LogP contribution is 2.21. The van der Waals surface area contributed by atoms with Gasteiger partial charge >= 0.3 is 0 Å². The summed E-state index contributed by atoms with van der Waals surface area (Å²) in [6, 6.07) is 0. The summed E-state index contributed by atoms with van der Waals surface area (Å²) >= 11 is 5.64. The van der Waals surface area contributed by atoms with E-state index in [0.29, 0.717) is 5.41 Å². The molecule has 1 radical (unpaired) electrons. The van der Waals surface area contributed by atoms with Crippen LogP contribution in [0.4, 0.5) is 0 Å². The normalized spacial score (nSPS) is 12.0. The molecule has 0 aromatic heterocycles. The van der Waals surface area contributed by atoms with Crippen molar-refractivity contribution < 1.29 is 0 Å². The summed E-state index contributed by atoms with van der Waals surface area (Å²) in [6.07, 6.45) is 16.1. The van der Waals surface area contributed by atoms with Gasteiger partial charge < -0.3 is 0 Å². The molecule has 0 bridgehead atoms. The minimum atomic E-state index is 0.405. The van der Waals surface area contributed by atoms with E-state index in [1.165, 1.54) is 64.2 Å². The van der Waals surface area contributed by atoms with Gasteiger partial charge in [0.25, 0.3) is 0 Å². The van der Waals surface area contributed by atoms with Gasteiger partial charge in [0.15, 0.2) is 0 Å². The van der Waals surface area contributed by atoms with Crippen molar-refractivity contribution in [3.63, 3.8) is 0 Å². The summed E-state index contributed by atoms with van der Waals surface area (Å²) in [4.78, 5) is 0. The Labute approximate surface area is 115 Å². The Morgan fingerprint density at radius 3 is 1.53 bits per heavy atom. The third-order valence-electron chi connectivity index (χ3n) is 3.09. The zero-order valence-electron chi connectivity index (χ0n) is 12.2. The van der Waals surface area contributed by atoms with E-state index in [-0.39, 0.29) is 0 Å². The lowest BCUT2D eigenvalue weighted by Gasteiger charge is -2.16. The maximum Gasteiger partial charge on any atom is 0.0223 e. The maximum absolute atomic E-state index is 5.64. The molecule has 17 heavy (non-hydrogen) atoms. The van der Waals surface area contributed by atoms with Gasteiger partial charge in [-0.25, -0.2) is 0 Å². The third-order valence-corrected chi connectivity index (χ3v) is 3.36. The monoisotopic (exact) mass is 259 g/mol. The minimum Gasteiger partial charge on any atom is -0.127 e. The summed E-state index contributed by atoms with van der Waals surface area (Å²) in [6.45, 7) is 6.86. The maximum atomic E-state index is 5.64. The van der Waals surface area contributed by atoms with Crippen LogP contribution in [0.2, 0.25) is 0 Å². The van der Waals surface area contributed by atoms with E-state index in [1.54, 1.807) is 0 Å². The fourth-order valence-electron chi connectivity index (χ4n) is 2.01. The average molecular weight is 260 g/mol. The second-order valence-electron chi connectivity index (χ2n) is 6.23. The number of hydrogen-bond donors (Lipinski definition) is 0. The minimum absolute atomic E-state index is 0.405. The molecule has 0 rings (SSSR count). The van der Waals surface area contributed by atoms with Gasteiger partial charge in [-0.15, -0.1) is 11.6 Å². The van der Waals surface area contributed by atoms with Gasteiger partial charge in [-0.05, 0) is 24.7 Å². The average Bonchev–Trinajstić information content (AvgIpc) is 2.24. The second-order valence-corrected chi connectivity index (χ2v) is 6.61. The van der Waals surface area contributed by atoms with Crippen molar-refractivity contribution in [3.05, 3.63) is 6.42 Å². The molecule has 1 heteroatoms. The highest BCUT2D eigenvalue weighted by Gasteiger charge is 2.08. The number of rotatable bonds is 11. The largest absolute Gasteiger partial charge is 0.127 e. The Morgan fingerprint density at radius 1 is 0.706 bits per heavy atom. The zero-order chi connectivity index (χ0) is 13.0. The van der Waals surface area contributed by atoms with Gasteiger partial charge in [-0.1, -0.05) is 72.1 Å². The molecule has 0 saturated carbocycles. The number of alkyl halides is 1. The van der Waals surface area contributed by atoms with Crippen LogP contribution >= 0.6 is 11.6 Å². The molecule has 0 aromatic rings. The summed E-state index contributed by atoms with van der Waals surface area (Å²) < 4.78 is 0. The van der Waals surface area contributed by atoms with Crippen molar-refractivity contribution in [3.8, 4) is 0 Å². The molecule has 0 spiro atoms. The fourth-order valence-corrected chi connectivity index (χ4v) is 2.20. The Morgan fingerprint density at radius 2 is 1.12 bits per heavy atom. The van der Waals surface area contributed by atoms with Crippen LogP contribution < -0.4 is 0 Å². The van der Waals surface area contributed by atoms with Crippen molar-refractivity contribution in [2.75, 3.05) is 5.88 Å². The summed E-state index contributed by atoms with van der Waals surface area (Å²) in [5.41, 5.74) is 0.405. The lowest BCUT2D eigenvalue weighted by Crippen LogP contribution is -2.04. The molecule has 0 nitrogen and oxygen atoms in total. The smallest absolute Gasteiger partial charge is 0.0223 e. The van der Waals surface area contributed by atoms with E-state index in [9.17, 15) is 0 Å². The first kappa shape index (κ1) is 17.3. The molecule has 0 aliphatic heterocycles. The van der Waals surface area contributed by atoms with Crippen LogP contribution in [-0.2, 0) is 0 Å². The molecule has 0 unspecified atom stereocenters. The zero-order valence-corrected chi connectivity index (χ0v) is 13.0. The molecule has 0 fully saturated rings. The topological polar surface area (TPSA) is 0 Å². The predicted molar refractivity (Wildman–Crippen MR) is 80.6 cm³/mol. The van der Waals surface area contributed by atoms with Gasteiger partial charge in [0.2, 0.25) is 0 Å². The second kappa shape index (κ2) is 11.4. The van der Waals surface area contributed by atoms with Crippen molar-refractivity contribution in [2.45, 2.75) is 85.0 Å². The van der Waals surface area contributed by atoms with Crippen LogP contribution in [0.15, 0.2) is 0 Å². The van der Waals surface area contributed by atoms with E-state index < -0.39 is 0 Å². The van der Waals surface area contributed by atoms with Crippen LogP contribution in [0.3, 0.4) is 0 Å². The molecule has 0 amide bonds. The van der Waals surface area contributed by atoms with Gasteiger partial charge in [0.1, 0.15) is 0 Å². The molecular formula is C16H32Cl. The first-order valence-corrected chi connectivity index (χ1v) is 8.00. The Kier molecular flexibility index (Phi) is 11.6. The number of hydrogen-bond acceptors (Lipinski definition) is 0. The lowest BCUT2D eigenvalue weighted by molar-refractivity contribution is 0.460. The quantitative estimate of drug-likeness (QED) is 0.298. The van der Waals surface area contributed by atoms with Crippen LogP contribution in [0.5, 0.6) is 0 Å². The van der Waals surface area contributed by atoms with Crippen molar-refractivity contribution in [1.29, 1.82) is 0 Å². The molecule has 0 saturated heterocycles. The summed E-state index contributed by atoms with van der Waals surface area (Å²) in [7, 11) is 0. The molecule has 103 valence electrons. The highest BCUT2D eigenvalue weighted by atomic mass is 35.5. The van der Waals surface area contributed by atoms with Gasteiger partial charge in [-0.3, -0.25) is 0 Å². The molecule has 0 N–H and O–H groups in total. The first-order chi connectivity index (χ1) is 8.06. The van der Waals surface area contributed by atoms with E-state index >= 15 is 0 Å². The highest BCUT2D eigenvalue weighted by molar-refractivity contribution is 6.17. The summed E-state index contributed by atoms with van der Waals surface area (Å²) in [5, 5.41) is 0. The molecular weight excluding hydrogens is 228 g/mol. The van der Waals surface area contributed by atoms with Crippen LogP contribution in [0, 0.1) is 11.8 Å². The van der Waals surface area contributed by atoms with E-state index in [1.807, 2.05) is 0 Å². The predicted octanol–water partition coefficient (Wildman–Crippen LogP) is 6.38. The van der Waals surface area contributed by atoms with Crippen molar-refractivity contribution >= 4 is 11.6 Å². The van der Waals surface area contributed by atoms with Crippen LogP contribution in [0.25, 0.3) is 0 Å². The molecule has 0 heterocycles. The molecule has 0 aliphatic rings. The van der Waals surface area contributed by atoms with E-state index in [2.05, 4.69) is 27.2 Å². The van der Waals surface area contributed by atoms with Crippen molar-refractivity contribution in [1.82, 2.24) is 0 Å². The summed E-state index contributed by atoms with van der Waals surface area (Å²) in [5.74, 6) is 0.838. The molecule has 0 atom stereocenters. The lowest BCUT2D eigenvalue weighted by atomic mass is 9.89. The van der Waals surface area contributed by atoms with Crippen molar-refractivity contribution in [2.24, 2.45) is 5.41 Å². The van der Waals surface area contributed by atoms with Gasteiger partial charge in [0, 0.05) is 5.88 Å². The van der Waals surface area contributed by atoms with Crippen LogP contribution in [-0.4, -0.2) is 5.88 Å². The number of halogens is 1. The van der Waals surface area contributed by atoms with Gasteiger partial charge in [-0.2, -0.15) is 0 Å². The van der Waals surface area contributed by atoms with Gasteiger partial charge in [0.05, 0.1) is 0 Å². The standard InChI is InChI=1S/C16H32Cl/c1-16(2,3)14-12-10-8-6-4-5-7-9-11-13-15-17/h14H,4-13,15H2,1-3H3. The Bertz CT molecular complexity index is 146. The molecule has 0 aromatic carbocycles. The Hall–Kier alpha value is 0.290. The first-order valence-electron chi connectivity index (χ1n) is 7.46. The van der Waals surface area contributed by atoms with E-state index in [4.69, 9.17) is 11.6 Å². The van der Waals surface area contributed by atoms with Crippen LogP contribution in [0.1, 0.15) is 85.0 Å².